The van der Waals surface area contributed by atoms with E-state index in [0.29, 0.717) is 11.3 Å². The van der Waals surface area contributed by atoms with Gasteiger partial charge in [-0.3, -0.25) is 0 Å². The van der Waals surface area contributed by atoms with Gasteiger partial charge in [0.05, 0.1) is 19.8 Å². The topological polar surface area (TPSA) is 95.2 Å². The number of aliphatic hydroxyl groups excluding tert-OH is 1. The highest BCUT2D eigenvalue weighted by Gasteiger charge is 2.07. The summed E-state index contributed by atoms with van der Waals surface area (Å²) in [6.45, 7) is 1.99. The Morgan fingerprint density at radius 1 is 1.22 bits per heavy atom. The fraction of sp³-hybridized carbons (Fsp3) is 0.375. The maximum atomic E-state index is 11.5. The molecular formula is C16H18O7. The van der Waals surface area contributed by atoms with Crippen molar-refractivity contribution in [2.24, 2.45) is 0 Å². The molecule has 1 aromatic carbocycles. The van der Waals surface area contributed by atoms with Crippen molar-refractivity contribution in [3.8, 4) is 5.75 Å². The average Bonchev–Trinajstić information content (AvgIpc) is 2.52. The van der Waals surface area contributed by atoms with Gasteiger partial charge in [-0.05, 0) is 24.6 Å². The minimum absolute atomic E-state index is 0.0748. The summed E-state index contributed by atoms with van der Waals surface area (Å²) in [7, 11) is 0. The molecule has 0 aliphatic heterocycles. The minimum Gasteiger partial charge on any atom is -0.482 e. The van der Waals surface area contributed by atoms with Crippen LogP contribution < -0.4 is 10.4 Å². The van der Waals surface area contributed by atoms with Gasteiger partial charge in [-0.25, -0.2) is 9.59 Å². The summed E-state index contributed by atoms with van der Waals surface area (Å²) in [5.41, 5.74) is 0.776. The van der Waals surface area contributed by atoms with E-state index in [4.69, 9.17) is 23.7 Å². The van der Waals surface area contributed by atoms with Crippen molar-refractivity contribution < 1.29 is 28.5 Å². The van der Waals surface area contributed by atoms with Crippen LogP contribution in [0.4, 0.5) is 0 Å². The Morgan fingerprint density at radius 2 is 2.04 bits per heavy atom. The lowest BCUT2D eigenvalue weighted by molar-refractivity contribution is -0.147. The number of aryl methyl sites for hydroxylation is 1. The zero-order valence-corrected chi connectivity index (χ0v) is 12.7. The maximum Gasteiger partial charge on any atom is 0.344 e. The molecule has 0 amide bonds. The molecule has 0 spiro atoms. The average molecular weight is 322 g/mol. The Kier molecular flexibility index (Phi) is 6.13. The summed E-state index contributed by atoms with van der Waals surface area (Å²) in [6, 6.07) is 6.42. The van der Waals surface area contributed by atoms with Gasteiger partial charge in [0, 0.05) is 17.5 Å². The predicted molar refractivity (Wildman–Crippen MR) is 81.6 cm³/mol. The summed E-state index contributed by atoms with van der Waals surface area (Å²) >= 11 is 0. The van der Waals surface area contributed by atoms with E-state index in [1.165, 1.54) is 6.07 Å². The molecule has 0 aliphatic carbocycles. The number of aliphatic hydroxyl groups is 1. The molecule has 7 heteroatoms. The monoisotopic (exact) mass is 322 g/mol. The standard InChI is InChI=1S/C16H18O7/c1-11-8-15(18)23-14-9-12(2-3-13(11)14)22-10-16(19)21-7-6-20-5-4-17/h2-3,8-9,17H,4-7,10H2,1H3. The zero-order chi connectivity index (χ0) is 16.7. The Balaban J connectivity index is 1.87. The molecule has 0 aliphatic rings. The van der Waals surface area contributed by atoms with Crippen LogP contribution >= 0.6 is 0 Å². The van der Waals surface area contributed by atoms with Gasteiger partial charge in [0.2, 0.25) is 0 Å². The minimum atomic E-state index is -0.539. The number of benzene rings is 1. The summed E-state index contributed by atoms with van der Waals surface area (Å²) in [6.07, 6.45) is 0. The quantitative estimate of drug-likeness (QED) is 0.440. The molecule has 7 nitrogen and oxygen atoms in total. The number of hydrogen-bond donors (Lipinski definition) is 1. The van der Waals surface area contributed by atoms with Crippen molar-refractivity contribution in [1.29, 1.82) is 0 Å². The summed E-state index contributed by atoms with van der Waals surface area (Å²) in [4.78, 5) is 22.9. The van der Waals surface area contributed by atoms with Crippen LogP contribution in [0.1, 0.15) is 5.56 Å². The third-order valence-corrected chi connectivity index (χ3v) is 3.01. The van der Waals surface area contributed by atoms with Crippen molar-refractivity contribution in [3.05, 3.63) is 40.2 Å². The highest BCUT2D eigenvalue weighted by Crippen LogP contribution is 2.22. The number of hydrogen-bond acceptors (Lipinski definition) is 7. The Hall–Kier alpha value is -2.38. The van der Waals surface area contributed by atoms with Crippen molar-refractivity contribution in [1.82, 2.24) is 0 Å². The lowest BCUT2D eigenvalue weighted by Gasteiger charge is -2.08. The predicted octanol–water partition coefficient (Wildman–Crippen LogP) is 1.03. The number of carbonyl (C=O) groups is 1. The van der Waals surface area contributed by atoms with Crippen molar-refractivity contribution in [3.63, 3.8) is 0 Å². The van der Waals surface area contributed by atoms with Crippen LogP contribution in [0.2, 0.25) is 0 Å². The van der Waals surface area contributed by atoms with Gasteiger partial charge >= 0.3 is 11.6 Å². The normalized spacial score (nSPS) is 10.7. The van der Waals surface area contributed by atoms with E-state index in [9.17, 15) is 9.59 Å². The van der Waals surface area contributed by atoms with Crippen LogP contribution in [-0.2, 0) is 14.3 Å². The van der Waals surface area contributed by atoms with Crippen LogP contribution in [0.3, 0.4) is 0 Å². The second kappa shape index (κ2) is 8.30. The van der Waals surface area contributed by atoms with Gasteiger partial charge in [0.25, 0.3) is 0 Å². The Morgan fingerprint density at radius 3 is 2.83 bits per heavy atom. The lowest BCUT2D eigenvalue weighted by atomic mass is 10.1. The Labute approximate surface area is 132 Å². The fourth-order valence-corrected chi connectivity index (χ4v) is 1.96. The van der Waals surface area contributed by atoms with E-state index in [-0.39, 0.29) is 33.0 Å². The lowest BCUT2D eigenvalue weighted by Crippen LogP contribution is -2.18. The largest absolute Gasteiger partial charge is 0.482 e. The van der Waals surface area contributed by atoms with E-state index in [2.05, 4.69) is 0 Å². The van der Waals surface area contributed by atoms with E-state index in [1.807, 2.05) is 6.92 Å². The van der Waals surface area contributed by atoms with Crippen molar-refractivity contribution in [2.75, 3.05) is 33.0 Å². The van der Waals surface area contributed by atoms with Gasteiger partial charge in [0.1, 0.15) is 17.9 Å². The number of esters is 1. The van der Waals surface area contributed by atoms with Crippen LogP contribution in [0.25, 0.3) is 11.0 Å². The molecule has 2 rings (SSSR count). The molecule has 2 aromatic rings. The van der Waals surface area contributed by atoms with Crippen molar-refractivity contribution in [2.45, 2.75) is 6.92 Å². The molecule has 0 bridgehead atoms. The maximum absolute atomic E-state index is 11.5. The van der Waals surface area contributed by atoms with Gasteiger partial charge in [0.15, 0.2) is 6.61 Å². The molecule has 0 saturated carbocycles. The van der Waals surface area contributed by atoms with E-state index in [0.717, 1.165) is 10.9 Å². The smallest absolute Gasteiger partial charge is 0.344 e. The molecule has 1 heterocycles. The first kappa shape index (κ1) is 17.0. The molecule has 0 saturated heterocycles. The number of ether oxygens (including phenoxy) is 3. The second-order valence-electron chi connectivity index (χ2n) is 4.75. The molecule has 124 valence electrons. The molecule has 0 radical (unpaired) electrons. The molecule has 1 N–H and O–H groups in total. The molecule has 0 atom stereocenters. The summed E-state index contributed by atoms with van der Waals surface area (Å²) in [5, 5.41) is 9.32. The summed E-state index contributed by atoms with van der Waals surface area (Å²) in [5.74, 6) is -0.136. The van der Waals surface area contributed by atoms with Gasteiger partial charge in [-0.15, -0.1) is 0 Å². The van der Waals surface area contributed by atoms with E-state index in [1.54, 1.807) is 18.2 Å². The van der Waals surface area contributed by atoms with Crippen LogP contribution in [-0.4, -0.2) is 44.1 Å². The summed E-state index contributed by atoms with van der Waals surface area (Å²) < 4.78 is 20.3. The number of rotatable bonds is 8. The highest BCUT2D eigenvalue weighted by atomic mass is 16.6. The van der Waals surface area contributed by atoms with Gasteiger partial charge in [-0.1, -0.05) is 0 Å². The zero-order valence-electron chi connectivity index (χ0n) is 12.7. The molecule has 0 unspecified atom stereocenters. The SMILES string of the molecule is Cc1cc(=O)oc2cc(OCC(=O)OCCOCCO)ccc12. The van der Waals surface area contributed by atoms with Gasteiger partial charge in [-0.2, -0.15) is 0 Å². The molecule has 23 heavy (non-hydrogen) atoms. The van der Waals surface area contributed by atoms with Crippen LogP contribution in [0, 0.1) is 6.92 Å². The first-order valence-electron chi connectivity index (χ1n) is 7.11. The van der Waals surface area contributed by atoms with E-state index >= 15 is 0 Å². The highest BCUT2D eigenvalue weighted by molar-refractivity contribution is 5.81. The Bertz CT molecular complexity index is 720. The number of carbonyl (C=O) groups excluding carboxylic acids is 1. The molecule has 1 aromatic heterocycles. The van der Waals surface area contributed by atoms with Crippen LogP contribution in [0.5, 0.6) is 5.75 Å². The number of fused-ring (bicyclic) bond motifs is 1. The van der Waals surface area contributed by atoms with E-state index < -0.39 is 11.6 Å². The van der Waals surface area contributed by atoms with Crippen molar-refractivity contribution >= 4 is 16.9 Å². The fourth-order valence-electron chi connectivity index (χ4n) is 1.96. The molecule has 0 fully saturated rings. The second-order valence-corrected chi connectivity index (χ2v) is 4.75. The third kappa shape index (κ3) is 5.08. The van der Waals surface area contributed by atoms with Crippen LogP contribution in [0.15, 0.2) is 33.5 Å². The third-order valence-electron chi connectivity index (χ3n) is 3.01. The van der Waals surface area contributed by atoms with Gasteiger partial charge < -0.3 is 23.7 Å². The first-order valence-corrected chi connectivity index (χ1v) is 7.11. The first-order chi connectivity index (χ1) is 11.1. The molecular weight excluding hydrogens is 304 g/mol.